The average Bonchev–Trinajstić information content (AvgIpc) is 2.48. The minimum atomic E-state index is -0.00495. The van der Waals surface area contributed by atoms with E-state index in [4.69, 9.17) is 0 Å². The Bertz CT molecular complexity index is 440. The summed E-state index contributed by atoms with van der Waals surface area (Å²) in [6.07, 6.45) is 0. The highest BCUT2D eigenvalue weighted by Gasteiger charge is 2.23. The van der Waals surface area contributed by atoms with Crippen LogP contribution in [0.3, 0.4) is 0 Å². The van der Waals surface area contributed by atoms with Crippen LogP contribution in [0, 0.1) is 0 Å². The topological polar surface area (TPSA) is 46.2 Å². The van der Waals surface area contributed by atoms with Crippen LogP contribution in [0.15, 0.2) is 16.6 Å². The smallest absolute Gasteiger partial charge is 0.185 e. The zero-order valence-electron chi connectivity index (χ0n) is 7.56. The highest BCUT2D eigenvalue weighted by Crippen LogP contribution is 2.31. The van der Waals surface area contributed by atoms with E-state index in [9.17, 15) is 9.59 Å². The summed E-state index contributed by atoms with van der Waals surface area (Å²) < 4.78 is 0.690. The Kier molecular flexibility index (Phi) is 2.15. The van der Waals surface area contributed by atoms with E-state index in [-0.39, 0.29) is 11.6 Å². The van der Waals surface area contributed by atoms with Crippen LogP contribution in [0.25, 0.3) is 0 Å². The molecule has 0 aliphatic carbocycles. The molecular formula is C10H8BrNO2. The summed E-state index contributed by atoms with van der Waals surface area (Å²) in [4.78, 5) is 22.5. The van der Waals surface area contributed by atoms with Crippen LogP contribution in [0.4, 0.5) is 5.69 Å². The number of rotatable bonds is 1. The van der Waals surface area contributed by atoms with Crippen LogP contribution < -0.4 is 5.32 Å². The standard InChI is InChI=1S/C10H8BrNO2/c1-5(13)6-2-7(11)10-8(3-6)12-4-9(10)14/h2-3,12H,4H2,1H3. The lowest BCUT2D eigenvalue weighted by Crippen LogP contribution is -2.01. The quantitative estimate of drug-likeness (QED) is 0.782. The SMILES string of the molecule is CC(=O)c1cc(Br)c2c(c1)NCC2=O. The van der Waals surface area contributed by atoms with Gasteiger partial charge in [-0.1, -0.05) is 0 Å². The van der Waals surface area contributed by atoms with Crippen LogP contribution >= 0.6 is 15.9 Å². The first-order valence-corrected chi connectivity index (χ1v) is 5.00. The lowest BCUT2D eigenvalue weighted by atomic mass is 10.1. The molecule has 0 spiro atoms. The largest absolute Gasteiger partial charge is 0.377 e. The number of benzene rings is 1. The first kappa shape index (κ1) is 9.40. The lowest BCUT2D eigenvalue weighted by molar-refractivity contribution is 0.100. The number of carbonyl (C=O) groups excluding carboxylic acids is 2. The average molecular weight is 254 g/mol. The minimum Gasteiger partial charge on any atom is -0.377 e. The zero-order valence-corrected chi connectivity index (χ0v) is 9.14. The number of Topliss-reactive ketones (excluding diaryl/α,β-unsaturated/α-hetero) is 2. The van der Waals surface area contributed by atoms with Crippen LogP contribution in [-0.2, 0) is 0 Å². The molecule has 0 bridgehead atoms. The summed E-state index contributed by atoms with van der Waals surface area (Å²) in [5.74, 6) is 0.0524. The Balaban J connectivity index is 2.62. The second kappa shape index (κ2) is 3.20. The third-order valence-corrected chi connectivity index (χ3v) is 2.84. The van der Waals surface area contributed by atoms with E-state index >= 15 is 0 Å². The number of anilines is 1. The zero-order chi connectivity index (χ0) is 10.3. The lowest BCUT2D eigenvalue weighted by Gasteiger charge is -2.03. The maximum absolute atomic E-state index is 11.4. The van der Waals surface area contributed by atoms with E-state index in [0.717, 1.165) is 5.69 Å². The molecular weight excluding hydrogens is 246 g/mol. The Morgan fingerprint density at radius 2 is 2.21 bits per heavy atom. The van der Waals surface area contributed by atoms with Crippen molar-refractivity contribution in [2.75, 3.05) is 11.9 Å². The van der Waals surface area contributed by atoms with Crippen molar-refractivity contribution < 1.29 is 9.59 Å². The van der Waals surface area contributed by atoms with E-state index in [2.05, 4.69) is 21.2 Å². The van der Waals surface area contributed by atoms with Crippen molar-refractivity contribution in [1.82, 2.24) is 0 Å². The second-order valence-corrected chi connectivity index (χ2v) is 4.07. The van der Waals surface area contributed by atoms with Crippen molar-refractivity contribution in [2.45, 2.75) is 6.92 Å². The van der Waals surface area contributed by atoms with Crippen molar-refractivity contribution in [3.05, 3.63) is 27.7 Å². The molecule has 3 nitrogen and oxygen atoms in total. The highest BCUT2D eigenvalue weighted by molar-refractivity contribution is 9.10. The normalized spacial score (nSPS) is 13.7. The van der Waals surface area contributed by atoms with E-state index in [1.807, 2.05) is 0 Å². The molecule has 1 aliphatic heterocycles. The number of fused-ring (bicyclic) bond motifs is 1. The monoisotopic (exact) mass is 253 g/mol. The molecule has 0 unspecified atom stereocenters. The molecule has 72 valence electrons. The number of hydrogen-bond acceptors (Lipinski definition) is 3. The minimum absolute atomic E-state index is 0.00495. The van der Waals surface area contributed by atoms with Gasteiger partial charge >= 0.3 is 0 Å². The second-order valence-electron chi connectivity index (χ2n) is 3.21. The van der Waals surface area contributed by atoms with Crippen molar-refractivity contribution in [1.29, 1.82) is 0 Å². The van der Waals surface area contributed by atoms with E-state index in [0.29, 0.717) is 22.1 Å². The Hall–Kier alpha value is -1.16. The Morgan fingerprint density at radius 1 is 1.50 bits per heavy atom. The predicted molar refractivity (Wildman–Crippen MR) is 57.0 cm³/mol. The van der Waals surface area contributed by atoms with Gasteiger partial charge in [0.05, 0.1) is 12.1 Å². The van der Waals surface area contributed by atoms with Crippen molar-refractivity contribution in [3.63, 3.8) is 0 Å². The van der Waals surface area contributed by atoms with Gasteiger partial charge in [-0.25, -0.2) is 0 Å². The number of ketones is 2. The van der Waals surface area contributed by atoms with Gasteiger partial charge in [-0.05, 0) is 35.0 Å². The maximum Gasteiger partial charge on any atom is 0.185 e. The Labute approximate surface area is 89.6 Å². The van der Waals surface area contributed by atoms with Gasteiger partial charge < -0.3 is 5.32 Å². The fourth-order valence-electron chi connectivity index (χ4n) is 1.50. The predicted octanol–water partition coefficient (Wildman–Crippen LogP) is 2.26. The van der Waals surface area contributed by atoms with Gasteiger partial charge in [0.2, 0.25) is 0 Å². The van der Waals surface area contributed by atoms with Crippen LogP contribution in [0.5, 0.6) is 0 Å². The third kappa shape index (κ3) is 1.35. The van der Waals surface area contributed by atoms with Gasteiger partial charge in [0, 0.05) is 15.7 Å². The van der Waals surface area contributed by atoms with Crippen LogP contribution in [-0.4, -0.2) is 18.1 Å². The van der Waals surface area contributed by atoms with Crippen LogP contribution in [0.2, 0.25) is 0 Å². The Morgan fingerprint density at radius 3 is 2.86 bits per heavy atom. The van der Waals surface area contributed by atoms with Crippen molar-refractivity contribution in [3.8, 4) is 0 Å². The molecule has 0 radical (unpaired) electrons. The summed E-state index contributed by atoms with van der Waals surface area (Å²) in [6, 6.07) is 3.40. The van der Waals surface area contributed by atoms with Gasteiger partial charge in [-0.2, -0.15) is 0 Å². The van der Waals surface area contributed by atoms with Crippen LogP contribution in [0.1, 0.15) is 27.6 Å². The molecule has 4 heteroatoms. The maximum atomic E-state index is 11.4. The summed E-state index contributed by atoms with van der Waals surface area (Å²) >= 11 is 3.29. The molecule has 0 saturated carbocycles. The van der Waals surface area contributed by atoms with Gasteiger partial charge in [-0.15, -0.1) is 0 Å². The molecule has 0 atom stereocenters. The summed E-state index contributed by atoms with van der Waals surface area (Å²) in [5.41, 5.74) is 2.00. The molecule has 1 N–H and O–H groups in total. The molecule has 1 aromatic rings. The first-order valence-electron chi connectivity index (χ1n) is 4.21. The molecule has 14 heavy (non-hydrogen) atoms. The molecule has 2 rings (SSSR count). The van der Waals surface area contributed by atoms with Gasteiger partial charge in [0.1, 0.15) is 0 Å². The number of halogens is 1. The number of carbonyl (C=O) groups is 2. The molecule has 1 aliphatic rings. The van der Waals surface area contributed by atoms with E-state index in [1.165, 1.54) is 6.92 Å². The summed E-state index contributed by atoms with van der Waals surface area (Å²) in [6.45, 7) is 1.82. The van der Waals surface area contributed by atoms with Crippen molar-refractivity contribution in [2.24, 2.45) is 0 Å². The molecule has 0 amide bonds. The first-order chi connectivity index (χ1) is 6.59. The third-order valence-electron chi connectivity index (χ3n) is 2.21. The molecule has 0 fully saturated rings. The van der Waals surface area contributed by atoms with E-state index < -0.39 is 0 Å². The number of nitrogens with one attached hydrogen (secondary N) is 1. The highest BCUT2D eigenvalue weighted by atomic mass is 79.9. The van der Waals surface area contributed by atoms with Gasteiger partial charge in [0.25, 0.3) is 0 Å². The molecule has 0 aromatic heterocycles. The molecule has 0 saturated heterocycles. The van der Waals surface area contributed by atoms with E-state index in [1.54, 1.807) is 12.1 Å². The fraction of sp³-hybridized carbons (Fsp3) is 0.200. The molecule has 1 heterocycles. The summed E-state index contributed by atoms with van der Waals surface area (Å²) in [7, 11) is 0. The van der Waals surface area contributed by atoms with Gasteiger partial charge in [-0.3, -0.25) is 9.59 Å². The fourth-order valence-corrected chi connectivity index (χ4v) is 2.18. The molecule has 1 aromatic carbocycles. The summed E-state index contributed by atoms with van der Waals surface area (Å²) in [5, 5.41) is 2.95. The number of hydrogen-bond donors (Lipinski definition) is 1. The van der Waals surface area contributed by atoms with Gasteiger partial charge in [0.15, 0.2) is 11.6 Å². The van der Waals surface area contributed by atoms with Crippen molar-refractivity contribution >= 4 is 33.2 Å².